The van der Waals surface area contributed by atoms with Gasteiger partial charge in [-0.15, -0.1) is 0 Å². The molecule has 2 fully saturated rings. The minimum absolute atomic E-state index is 0.213. The molecule has 2 aliphatic rings. The highest BCUT2D eigenvalue weighted by molar-refractivity contribution is 5.86. The molecule has 2 atom stereocenters. The Labute approximate surface area is 88.9 Å². The summed E-state index contributed by atoms with van der Waals surface area (Å²) in [6, 6.07) is 0. The molecule has 0 aromatic heterocycles. The molecule has 15 heavy (non-hydrogen) atoms. The molecule has 0 unspecified atom stereocenters. The molecule has 2 aliphatic heterocycles. The zero-order chi connectivity index (χ0) is 11.1. The first-order chi connectivity index (χ1) is 7.11. The van der Waals surface area contributed by atoms with E-state index in [2.05, 4.69) is 6.58 Å². The lowest BCUT2D eigenvalue weighted by Crippen LogP contribution is -2.47. The van der Waals surface area contributed by atoms with E-state index >= 15 is 0 Å². The minimum Gasteiger partial charge on any atom is -0.464 e. The second kappa shape index (κ2) is 3.59. The summed E-state index contributed by atoms with van der Waals surface area (Å²) in [4.78, 5) is 13.8. The lowest BCUT2D eigenvalue weighted by Gasteiger charge is -2.29. The van der Waals surface area contributed by atoms with E-state index in [4.69, 9.17) is 4.74 Å². The average molecular weight is 213 g/mol. The summed E-state index contributed by atoms with van der Waals surface area (Å²) in [5, 5.41) is 0. The van der Waals surface area contributed by atoms with Crippen molar-refractivity contribution in [2.45, 2.75) is 31.5 Å². The van der Waals surface area contributed by atoms with Crippen LogP contribution in [0.2, 0.25) is 0 Å². The molecule has 84 valence electrons. The molecular weight excluding hydrogens is 197 g/mol. The molecule has 0 radical (unpaired) electrons. The second-order valence-corrected chi connectivity index (χ2v) is 4.18. The van der Waals surface area contributed by atoms with Crippen LogP contribution in [0, 0.1) is 0 Å². The fourth-order valence-corrected chi connectivity index (χ4v) is 2.64. The van der Waals surface area contributed by atoms with Crippen molar-refractivity contribution in [2.75, 3.05) is 19.7 Å². The first-order valence-corrected chi connectivity index (χ1v) is 5.36. The van der Waals surface area contributed by atoms with E-state index in [1.165, 1.54) is 0 Å². The van der Waals surface area contributed by atoms with Crippen LogP contribution in [0.3, 0.4) is 0 Å². The van der Waals surface area contributed by atoms with E-state index in [9.17, 15) is 9.18 Å². The van der Waals surface area contributed by atoms with Crippen LogP contribution in [-0.4, -0.2) is 42.3 Å². The van der Waals surface area contributed by atoms with Crippen LogP contribution in [0.4, 0.5) is 4.39 Å². The minimum atomic E-state index is -0.938. The fourth-order valence-electron chi connectivity index (χ4n) is 2.64. The lowest BCUT2D eigenvalue weighted by atomic mass is 9.89. The zero-order valence-corrected chi connectivity index (χ0v) is 8.96. The molecule has 0 aromatic rings. The number of fused-ring (bicyclic) bond motifs is 1. The number of ether oxygens (including phenoxy) is 1. The van der Waals surface area contributed by atoms with E-state index in [1.807, 2.05) is 4.90 Å². The number of hydrogen-bond donors (Lipinski definition) is 0. The Balaban J connectivity index is 2.28. The molecule has 0 aliphatic carbocycles. The standard InChI is InChI=1S/C11H16FNO2/c1-3-15-10(14)11-6-9(12)7-13(11)5-4-8(11)2/h9H,2-7H2,1H3/t9-,11+/m1/s1. The van der Waals surface area contributed by atoms with Crippen molar-refractivity contribution in [3.8, 4) is 0 Å². The molecule has 0 amide bonds. The highest BCUT2D eigenvalue weighted by Gasteiger charge is 2.57. The highest BCUT2D eigenvalue weighted by atomic mass is 19.1. The van der Waals surface area contributed by atoms with Gasteiger partial charge in [0.15, 0.2) is 0 Å². The predicted octanol–water partition coefficient (Wildman–Crippen LogP) is 1.29. The van der Waals surface area contributed by atoms with Crippen LogP contribution in [0.1, 0.15) is 19.8 Å². The van der Waals surface area contributed by atoms with E-state index in [0.717, 1.165) is 18.5 Å². The third kappa shape index (κ3) is 1.39. The van der Waals surface area contributed by atoms with Gasteiger partial charge in [0.2, 0.25) is 0 Å². The third-order valence-corrected chi connectivity index (χ3v) is 3.36. The van der Waals surface area contributed by atoms with Crippen molar-refractivity contribution < 1.29 is 13.9 Å². The number of alkyl halides is 1. The quantitative estimate of drug-likeness (QED) is 0.511. The number of esters is 1. The van der Waals surface area contributed by atoms with Crippen LogP contribution >= 0.6 is 0 Å². The Bertz CT molecular complexity index is 305. The Hall–Kier alpha value is -0.900. The molecule has 0 saturated carbocycles. The Kier molecular flexibility index (Phi) is 2.54. The smallest absolute Gasteiger partial charge is 0.330 e. The SMILES string of the molecule is C=C1CCN2C[C@H](F)C[C@@]12C(=O)OCC. The van der Waals surface area contributed by atoms with E-state index in [1.54, 1.807) is 6.92 Å². The van der Waals surface area contributed by atoms with Gasteiger partial charge in [-0.05, 0) is 18.9 Å². The number of rotatable bonds is 2. The molecule has 0 bridgehead atoms. The maximum absolute atomic E-state index is 13.4. The van der Waals surface area contributed by atoms with Crippen LogP contribution in [0.25, 0.3) is 0 Å². The number of carbonyl (C=O) groups is 1. The van der Waals surface area contributed by atoms with Crippen molar-refractivity contribution in [1.82, 2.24) is 4.90 Å². The normalized spacial score (nSPS) is 35.6. The summed E-state index contributed by atoms with van der Waals surface area (Å²) < 4.78 is 18.4. The fraction of sp³-hybridized carbons (Fsp3) is 0.727. The molecule has 3 nitrogen and oxygen atoms in total. The van der Waals surface area contributed by atoms with Crippen molar-refractivity contribution in [3.63, 3.8) is 0 Å². The third-order valence-electron chi connectivity index (χ3n) is 3.36. The second-order valence-electron chi connectivity index (χ2n) is 4.18. The summed E-state index contributed by atoms with van der Waals surface area (Å²) in [6.07, 6.45) is 0.0439. The molecular formula is C11H16FNO2. The number of halogens is 1. The predicted molar refractivity (Wildman–Crippen MR) is 54.2 cm³/mol. The van der Waals surface area contributed by atoms with Gasteiger partial charge in [-0.3, -0.25) is 4.90 Å². The first kappa shape index (κ1) is 10.6. The number of carbonyl (C=O) groups excluding carboxylic acids is 1. The average Bonchev–Trinajstić information content (AvgIpc) is 2.65. The van der Waals surface area contributed by atoms with Gasteiger partial charge in [0.05, 0.1) is 6.61 Å². The van der Waals surface area contributed by atoms with Crippen molar-refractivity contribution in [1.29, 1.82) is 0 Å². The van der Waals surface area contributed by atoms with Crippen molar-refractivity contribution in [2.24, 2.45) is 0 Å². The van der Waals surface area contributed by atoms with Crippen LogP contribution in [-0.2, 0) is 9.53 Å². The molecule has 2 heterocycles. The monoisotopic (exact) mass is 213 g/mol. The number of hydrogen-bond acceptors (Lipinski definition) is 3. The molecule has 4 heteroatoms. The topological polar surface area (TPSA) is 29.5 Å². The lowest BCUT2D eigenvalue weighted by molar-refractivity contribution is -0.152. The Morgan fingerprint density at radius 2 is 2.53 bits per heavy atom. The molecule has 0 N–H and O–H groups in total. The van der Waals surface area contributed by atoms with Gasteiger partial charge in [-0.25, -0.2) is 9.18 Å². The van der Waals surface area contributed by atoms with Crippen molar-refractivity contribution in [3.05, 3.63) is 12.2 Å². The molecule has 0 aromatic carbocycles. The molecule has 2 saturated heterocycles. The first-order valence-electron chi connectivity index (χ1n) is 5.36. The maximum Gasteiger partial charge on any atom is 0.330 e. The van der Waals surface area contributed by atoms with E-state index < -0.39 is 11.7 Å². The molecule has 0 spiro atoms. The van der Waals surface area contributed by atoms with Crippen LogP contribution in [0.15, 0.2) is 12.2 Å². The van der Waals surface area contributed by atoms with Gasteiger partial charge in [0.1, 0.15) is 11.7 Å². The zero-order valence-electron chi connectivity index (χ0n) is 8.96. The largest absolute Gasteiger partial charge is 0.464 e. The van der Waals surface area contributed by atoms with Gasteiger partial charge in [0.25, 0.3) is 0 Å². The molecule has 2 rings (SSSR count). The number of nitrogens with zero attached hydrogens (tertiary/aromatic N) is 1. The summed E-state index contributed by atoms with van der Waals surface area (Å²) >= 11 is 0. The highest BCUT2D eigenvalue weighted by Crippen LogP contribution is 2.43. The van der Waals surface area contributed by atoms with Gasteiger partial charge in [-0.1, -0.05) is 6.58 Å². The van der Waals surface area contributed by atoms with E-state index in [0.29, 0.717) is 13.2 Å². The Morgan fingerprint density at radius 3 is 3.20 bits per heavy atom. The van der Waals surface area contributed by atoms with Gasteiger partial charge in [0, 0.05) is 19.5 Å². The Morgan fingerprint density at radius 1 is 1.80 bits per heavy atom. The summed E-state index contributed by atoms with van der Waals surface area (Å²) in [7, 11) is 0. The van der Waals surface area contributed by atoms with Gasteiger partial charge in [-0.2, -0.15) is 0 Å². The van der Waals surface area contributed by atoms with Crippen LogP contribution in [0.5, 0.6) is 0 Å². The summed E-state index contributed by atoms with van der Waals surface area (Å²) in [5.41, 5.74) is -0.0452. The van der Waals surface area contributed by atoms with E-state index in [-0.39, 0.29) is 12.4 Å². The summed E-state index contributed by atoms with van der Waals surface area (Å²) in [6.45, 7) is 7.04. The maximum atomic E-state index is 13.4. The van der Waals surface area contributed by atoms with Crippen LogP contribution < -0.4 is 0 Å². The summed E-state index contributed by atoms with van der Waals surface area (Å²) in [5.74, 6) is -0.326. The van der Waals surface area contributed by atoms with Gasteiger partial charge >= 0.3 is 5.97 Å². The van der Waals surface area contributed by atoms with Gasteiger partial charge < -0.3 is 4.74 Å². The van der Waals surface area contributed by atoms with Crippen molar-refractivity contribution >= 4 is 5.97 Å².